The molecule has 0 unspecified atom stereocenters. The highest BCUT2D eigenvalue weighted by molar-refractivity contribution is 7.90. The maximum Gasteiger partial charge on any atom is 0.175 e. The Morgan fingerprint density at radius 3 is 2.55 bits per heavy atom. The number of hydrogen-bond acceptors (Lipinski definition) is 5. The van der Waals surface area contributed by atoms with E-state index < -0.39 is 9.84 Å². The topological polar surface area (TPSA) is 64.1 Å². The van der Waals surface area contributed by atoms with E-state index in [0.717, 1.165) is 21.8 Å². The maximum atomic E-state index is 12.2. The van der Waals surface area contributed by atoms with Gasteiger partial charge in [0, 0.05) is 16.7 Å². The molecule has 0 fully saturated rings. The summed E-state index contributed by atoms with van der Waals surface area (Å²) in [6, 6.07) is 6.13. The van der Waals surface area contributed by atoms with Crippen LogP contribution in [0.5, 0.6) is 0 Å². The zero-order valence-electron chi connectivity index (χ0n) is 11.5. The van der Waals surface area contributed by atoms with Crippen molar-refractivity contribution in [2.45, 2.75) is 25.2 Å². The molecule has 0 N–H and O–H groups in total. The summed E-state index contributed by atoms with van der Waals surface area (Å²) < 4.78 is 23.0. The molecule has 0 aliphatic carbocycles. The SMILES string of the molecule is Cc1nc(CC(=O)c2cccc(S(C)(=O)=O)c2)sc1C. The lowest BCUT2D eigenvalue weighted by atomic mass is 10.1. The summed E-state index contributed by atoms with van der Waals surface area (Å²) in [7, 11) is -3.30. The molecule has 0 saturated heterocycles. The first-order valence-electron chi connectivity index (χ1n) is 6.03. The molecule has 6 heteroatoms. The summed E-state index contributed by atoms with van der Waals surface area (Å²) in [5.74, 6) is -0.121. The van der Waals surface area contributed by atoms with E-state index in [1.54, 1.807) is 12.1 Å². The average molecular weight is 309 g/mol. The van der Waals surface area contributed by atoms with Gasteiger partial charge in [-0.05, 0) is 26.0 Å². The number of thiazole rings is 1. The fourth-order valence-corrected chi connectivity index (χ4v) is 3.35. The Bertz CT molecular complexity index is 741. The molecule has 0 aliphatic rings. The van der Waals surface area contributed by atoms with Crippen LogP contribution < -0.4 is 0 Å². The minimum absolute atomic E-state index is 0.121. The predicted molar refractivity (Wildman–Crippen MR) is 79.2 cm³/mol. The maximum absolute atomic E-state index is 12.2. The van der Waals surface area contributed by atoms with Crippen molar-refractivity contribution in [3.63, 3.8) is 0 Å². The van der Waals surface area contributed by atoms with Crippen LogP contribution >= 0.6 is 11.3 Å². The average Bonchev–Trinajstić information content (AvgIpc) is 2.67. The van der Waals surface area contributed by atoms with Crippen molar-refractivity contribution in [1.82, 2.24) is 4.98 Å². The Morgan fingerprint density at radius 1 is 1.30 bits per heavy atom. The third kappa shape index (κ3) is 3.32. The van der Waals surface area contributed by atoms with Crippen molar-refractivity contribution in [3.8, 4) is 0 Å². The van der Waals surface area contributed by atoms with Crippen LogP contribution in [0.15, 0.2) is 29.2 Å². The molecule has 0 radical (unpaired) electrons. The molecule has 1 heterocycles. The number of hydrogen-bond donors (Lipinski definition) is 0. The van der Waals surface area contributed by atoms with Gasteiger partial charge < -0.3 is 0 Å². The smallest absolute Gasteiger partial charge is 0.175 e. The van der Waals surface area contributed by atoms with Crippen molar-refractivity contribution in [2.75, 3.05) is 6.26 Å². The third-order valence-corrected chi connectivity index (χ3v) is 5.15. The molecule has 0 spiro atoms. The molecule has 2 rings (SSSR count). The summed E-state index contributed by atoms with van der Waals surface area (Å²) in [5, 5.41) is 0.759. The van der Waals surface area contributed by atoms with Crippen LogP contribution in [-0.4, -0.2) is 25.4 Å². The molecule has 2 aromatic rings. The first kappa shape index (κ1) is 14.9. The lowest BCUT2D eigenvalue weighted by Crippen LogP contribution is -2.05. The molecule has 0 atom stereocenters. The highest BCUT2D eigenvalue weighted by atomic mass is 32.2. The molecule has 4 nitrogen and oxygen atoms in total. The lowest BCUT2D eigenvalue weighted by Gasteiger charge is -2.02. The summed E-state index contributed by atoms with van der Waals surface area (Å²) in [6.45, 7) is 3.87. The number of rotatable bonds is 4. The van der Waals surface area contributed by atoms with Crippen LogP contribution in [0.25, 0.3) is 0 Å². The number of carbonyl (C=O) groups excluding carboxylic acids is 1. The van der Waals surface area contributed by atoms with E-state index in [1.165, 1.54) is 23.5 Å². The van der Waals surface area contributed by atoms with E-state index in [9.17, 15) is 13.2 Å². The van der Waals surface area contributed by atoms with Crippen LogP contribution in [0.1, 0.15) is 25.9 Å². The number of ketones is 1. The van der Waals surface area contributed by atoms with Crippen molar-refractivity contribution in [1.29, 1.82) is 0 Å². The number of aromatic nitrogens is 1. The normalized spacial score (nSPS) is 11.6. The van der Waals surface area contributed by atoms with Crippen LogP contribution in [0.3, 0.4) is 0 Å². The van der Waals surface area contributed by atoms with Gasteiger partial charge in [-0.3, -0.25) is 4.79 Å². The second-order valence-corrected chi connectivity index (χ2v) is 7.95. The third-order valence-electron chi connectivity index (χ3n) is 2.97. The van der Waals surface area contributed by atoms with E-state index in [0.29, 0.717) is 5.56 Å². The summed E-state index contributed by atoms with van der Waals surface area (Å²) in [6.07, 6.45) is 1.33. The van der Waals surface area contributed by atoms with Crippen LogP contribution in [0.2, 0.25) is 0 Å². The van der Waals surface area contributed by atoms with Gasteiger partial charge in [0.2, 0.25) is 0 Å². The van der Waals surface area contributed by atoms with Crippen molar-refractivity contribution < 1.29 is 13.2 Å². The zero-order chi connectivity index (χ0) is 14.9. The molecule has 0 aliphatic heterocycles. The first-order chi connectivity index (χ1) is 9.27. The molecular formula is C14H15NO3S2. The van der Waals surface area contributed by atoms with Gasteiger partial charge in [-0.15, -0.1) is 11.3 Å². The van der Waals surface area contributed by atoms with E-state index in [2.05, 4.69) is 4.98 Å². The minimum Gasteiger partial charge on any atom is -0.294 e. The van der Waals surface area contributed by atoms with Gasteiger partial charge in [-0.25, -0.2) is 13.4 Å². The summed E-state index contributed by atoms with van der Waals surface area (Å²) in [5.41, 5.74) is 1.33. The minimum atomic E-state index is -3.30. The second-order valence-electron chi connectivity index (χ2n) is 4.65. The molecular weight excluding hydrogens is 294 g/mol. The summed E-state index contributed by atoms with van der Waals surface area (Å²) >= 11 is 1.50. The predicted octanol–water partition coefficient (Wildman–Crippen LogP) is 2.59. The highest BCUT2D eigenvalue weighted by Gasteiger charge is 2.14. The molecule has 0 saturated carbocycles. The monoisotopic (exact) mass is 309 g/mol. The van der Waals surface area contributed by atoms with Crippen LogP contribution in [0.4, 0.5) is 0 Å². The van der Waals surface area contributed by atoms with Gasteiger partial charge in [0.25, 0.3) is 0 Å². The van der Waals surface area contributed by atoms with E-state index in [1.807, 2.05) is 13.8 Å². The zero-order valence-corrected chi connectivity index (χ0v) is 13.1. The number of benzene rings is 1. The molecule has 20 heavy (non-hydrogen) atoms. The Labute approximate surface area is 122 Å². The number of sulfone groups is 1. The second kappa shape index (κ2) is 5.46. The number of carbonyl (C=O) groups is 1. The number of Topliss-reactive ketones (excluding diaryl/α,β-unsaturated/α-hetero) is 1. The fraction of sp³-hybridized carbons (Fsp3) is 0.286. The van der Waals surface area contributed by atoms with Gasteiger partial charge in [-0.2, -0.15) is 0 Å². The van der Waals surface area contributed by atoms with E-state index in [4.69, 9.17) is 0 Å². The van der Waals surface area contributed by atoms with Gasteiger partial charge in [0.15, 0.2) is 15.6 Å². The van der Waals surface area contributed by atoms with Crippen molar-refractivity contribution in [2.24, 2.45) is 0 Å². The van der Waals surface area contributed by atoms with Crippen molar-refractivity contribution >= 4 is 27.0 Å². The lowest BCUT2D eigenvalue weighted by molar-refractivity contribution is 0.0992. The van der Waals surface area contributed by atoms with Gasteiger partial charge in [-0.1, -0.05) is 12.1 Å². The van der Waals surface area contributed by atoms with Gasteiger partial charge >= 0.3 is 0 Å². The van der Waals surface area contributed by atoms with Crippen molar-refractivity contribution in [3.05, 3.63) is 45.4 Å². The Kier molecular flexibility index (Phi) is 4.06. The Morgan fingerprint density at radius 2 is 2.00 bits per heavy atom. The van der Waals surface area contributed by atoms with E-state index in [-0.39, 0.29) is 17.1 Å². The van der Waals surface area contributed by atoms with E-state index >= 15 is 0 Å². The van der Waals surface area contributed by atoms with Gasteiger partial charge in [0.05, 0.1) is 17.0 Å². The Hall–Kier alpha value is -1.53. The standard InChI is InChI=1S/C14H15NO3S2/c1-9-10(2)19-14(15-9)8-13(16)11-5-4-6-12(7-11)20(3,17)18/h4-7H,8H2,1-3H3. The number of nitrogens with zero attached hydrogens (tertiary/aromatic N) is 1. The van der Waals surface area contributed by atoms with Crippen LogP contribution in [0, 0.1) is 13.8 Å². The van der Waals surface area contributed by atoms with Crippen LogP contribution in [-0.2, 0) is 16.3 Å². The molecule has 0 bridgehead atoms. The highest BCUT2D eigenvalue weighted by Crippen LogP contribution is 2.19. The molecule has 1 aromatic carbocycles. The quantitative estimate of drug-likeness (QED) is 0.814. The number of aryl methyl sites for hydroxylation is 2. The summed E-state index contributed by atoms with van der Waals surface area (Å²) in [4.78, 5) is 17.8. The molecule has 0 amide bonds. The first-order valence-corrected chi connectivity index (χ1v) is 8.74. The molecule has 1 aromatic heterocycles. The van der Waals surface area contributed by atoms with Gasteiger partial charge in [0.1, 0.15) is 5.01 Å². The largest absolute Gasteiger partial charge is 0.294 e. The Balaban J connectivity index is 2.26. The fourth-order valence-electron chi connectivity index (χ4n) is 1.75. The molecule has 106 valence electrons.